The number of fused-ring (bicyclic) bond motifs is 1. The summed E-state index contributed by atoms with van der Waals surface area (Å²) in [6, 6.07) is 1.93. The minimum absolute atomic E-state index is 0.0172. The van der Waals surface area contributed by atoms with E-state index in [2.05, 4.69) is 15.3 Å². The number of amides is 1. The van der Waals surface area contributed by atoms with Crippen LogP contribution in [0, 0.1) is 17.1 Å². The van der Waals surface area contributed by atoms with Gasteiger partial charge in [0.25, 0.3) is 0 Å². The quantitative estimate of drug-likeness (QED) is 0.846. The summed E-state index contributed by atoms with van der Waals surface area (Å²) in [6.45, 7) is 6.27. The summed E-state index contributed by atoms with van der Waals surface area (Å²) in [6.07, 6.45) is 1.75. The molecule has 0 saturated carbocycles. The Bertz CT molecular complexity index is 683. The van der Waals surface area contributed by atoms with Crippen molar-refractivity contribution in [3.63, 3.8) is 0 Å². The van der Waals surface area contributed by atoms with Gasteiger partial charge < -0.3 is 14.9 Å². The van der Waals surface area contributed by atoms with E-state index in [0.717, 1.165) is 16.7 Å². The maximum absolute atomic E-state index is 11.9. The van der Waals surface area contributed by atoms with Crippen molar-refractivity contribution < 1.29 is 4.79 Å². The maximum Gasteiger partial charge on any atom is 0.227 e. The van der Waals surface area contributed by atoms with Gasteiger partial charge in [0, 0.05) is 19.8 Å². The highest BCUT2D eigenvalue weighted by molar-refractivity contribution is 7.71. The molecule has 2 rings (SSSR count). The van der Waals surface area contributed by atoms with Crippen LogP contribution in [0.25, 0.3) is 11.2 Å². The Morgan fingerprint density at radius 3 is 2.89 bits per heavy atom. The van der Waals surface area contributed by atoms with Gasteiger partial charge in [0.05, 0.1) is 10.9 Å². The summed E-state index contributed by atoms with van der Waals surface area (Å²) in [5.41, 5.74) is 2.27. The Morgan fingerprint density at radius 2 is 2.26 bits per heavy atom. The second-order valence-electron chi connectivity index (χ2n) is 5.31. The molecule has 0 bridgehead atoms. The fourth-order valence-corrected chi connectivity index (χ4v) is 2.38. The van der Waals surface area contributed by atoms with Crippen LogP contribution in [0.2, 0.25) is 0 Å². The van der Waals surface area contributed by atoms with Gasteiger partial charge in [-0.2, -0.15) is 0 Å². The lowest BCUT2D eigenvalue weighted by molar-refractivity contribution is -0.129. The Hall–Kier alpha value is -1.69. The van der Waals surface area contributed by atoms with Crippen molar-refractivity contribution >= 4 is 29.3 Å². The second kappa shape index (κ2) is 4.77. The van der Waals surface area contributed by atoms with Gasteiger partial charge in [-0.05, 0) is 44.6 Å². The number of aromatic amines is 1. The number of rotatable bonds is 3. The van der Waals surface area contributed by atoms with Crippen LogP contribution in [0.1, 0.15) is 19.4 Å². The number of H-pyrrole nitrogens is 1. The van der Waals surface area contributed by atoms with Crippen molar-refractivity contribution in [1.82, 2.24) is 19.9 Å². The maximum atomic E-state index is 11.9. The zero-order valence-corrected chi connectivity index (χ0v) is 12.4. The van der Waals surface area contributed by atoms with E-state index < -0.39 is 5.41 Å². The molecule has 0 atom stereocenters. The summed E-state index contributed by atoms with van der Waals surface area (Å²) in [5, 5.41) is 2.68. The highest BCUT2D eigenvalue weighted by Crippen LogP contribution is 2.23. The Morgan fingerprint density at radius 1 is 1.58 bits per heavy atom. The highest BCUT2D eigenvalue weighted by atomic mass is 32.1. The number of pyridine rings is 1. The van der Waals surface area contributed by atoms with E-state index in [4.69, 9.17) is 12.2 Å². The average molecular weight is 278 g/mol. The van der Waals surface area contributed by atoms with Crippen molar-refractivity contribution in [2.24, 2.45) is 5.41 Å². The first kappa shape index (κ1) is 13.7. The molecule has 1 amide bonds. The third kappa shape index (κ3) is 2.40. The summed E-state index contributed by atoms with van der Waals surface area (Å²) in [4.78, 5) is 19.4. The molecule has 0 unspecified atom stereocenters. The number of nitrogens with zero attached hydrogens (tertiary/aromatic N) is 2. The molecule has 6 heteroatoms. The van der Waals surface area contributed by atoms with Gasteiger partial charge >= 0.3 is 0 Å². The number of hydrogen-bond acceptors (Lipinski definition) is 3. The summed E-state index contributed by atoms with van der Waals surface area (Å²) < 4.78 is 2.47. The molecule has 2 aromatic rings. The molecule has 102 valence electrons. The number of imidazole rings is 1. The topological polar surface area (TPSA) is 62.7 Å². The number of hydrogen-bond donors (Lipinski definition) is 2. The zero-order chi connectivity index (χ0) is 14.2. The molecule has 19 heavy (non-hydrogen) atoms. The van der Waals surface area contributed by atoms with Crippen LogP contribution in [0.5, 0.6) is 0 Å². The fourth-order valence-electron chi connectivity index (χ4n) is 2.13. The van der Waals surface area contributed by atoms with Gasteiger partial charge in [-0.1, -0.05) is 0 Å². The molecular formula is C13H18N4OS. The number of carbonyl (C=O) groups is 1. The lowest BCUT2D eigenvalue weighted by Gasteiger charge is -2.23. The summed E-state index contributed by atoms with van der Waals surface area (Å²) >= 11 is 5.34. The Labute approximate surface area is 117 Å². The third-order valence-corrected chi connectivity index (χ3v) is 3.59. The molecule has 0 aliphatic rings. The van der Waals surface area contributed by atoms with E-state index in [1.165, 1.54) is 0 Å². The van der Waals surface area contributed by atoms with Crippen LogP contribution in [0.15, 0.2) is 12.3 Å². The molecule has 0 aliphatic heterocycles. The van der Waals surface area contributed by atoms with E-state index in [-0.39, 0.29) is 5.91 Å². The predicted molar refractivity (Wildman–Crippen MR) is 77.5 cm³/mol. The molecule has 0 aliphatic carbocycles. The minimum Gasteiger partial charge on any atom is -0.359 e. The Balaban J connectivity index is 2.52. The van der Waals surface area contributed by atoms with Crippen molar-refractivity contribution in [1.29, 1.82) is 0 Å². The minimum atomic E-state index is -0.548. The number of aryl methyl sites for hydroxylation is 1. The largest absolute Gasteiger partial charge is 0.359 e. The standard InChI is InChI=1S/C13H18N4OS/c1-8-5-6-15-10-9(8)16-12(19)17(10)7-13(2,3)11(18)14-4/h5-6H,7H2,1-4H3,(H,14,18)(H,16,19). The predicted octanol–water partition coefficient (Wildman–Crippen LogP) is 2.17. The summed E-state index contributed by atoms with van der Waals surface area (Å²) in [7, 11) is 1.64. The van der Waals surface area contributed by atoms with Gasteiger partial charge in [-0.25, -0.2) is 4.98 Å². The summed E-state index contributed by atoms with van der Waals surface area (Å²) in [5.74, 6) is -0.0172. The number of aromatic nitrogens is 3. The molecule has 2 N–H and O–H groups in total. The zero-order valence-electron chi connectivity index (χ0n) is 11.6. The van der Waals surface area contributed by atoms with E-state index in [0.29, 0.717) is 11.3 Å². The SMILES string of the molecule is CNC(=O)C(C)(C)Cn1c(=S)[nH]c2c(C)ccnc21. The van der Waals surface area contributed by atoms with Crippen LogP contribution in [0.4, 0.5) is 0 Å². The second-order valence-corrected chi connectivity index (χ2v) is 5.69. The first-order chi connectivity index (χ1) is 8.86. The molecule has 0 radical (unpaired) electrons. The first-order valence-electron chi connectivity index (χ1n) is 6.13. The van der Waals surface area contributed by atoms with Gasteiger partial charge in [0.1, 0.15) is 0 Å². The molecule has 2 heterocycles. The fraction of sp³-hybridized carbons (Fsp3) is 0.462. The van der Waals surface area contributed by atoms with Gasteiger partial charge in [0.2, 0.25) is 5.91 Å². The molecule has 2 aromatic heterocycles. The van der Waals surface area contributed by atoms with Gasteiger partial charge in [-0.15, -0.1) is 0 Å². The average Bonchev–Trinajstić information content (AvgIpc) is 2.67. The van der Waals surface area contributed by atoms with Crippen LogP contribution < -0.4 is 5.32 Å². The van der Waals surface area contributed by atoms with Gasteiger partial charge in [-0.3, -0.25) is 4.79 Å². The van der Waals surface area contributed by atoms with Crippen LogP contribution in [-0.4, -0.2) is 27.5 Å². The molecule has 0 saturated heterocycles. The van der Waals surface area contributed by atoms with Crippen LogP contribution >= 0.6 is 12.2 Å². The van der Waals surface area contributed by atoms with E-state index in [9.17, 15) is 4.79 Å². The smallest absolute Gasteiger partial charge is 0.227 e. The molecule has 0 fully saturated rings. The molecule has 0 aromatic carbocycles. The van der Waals surface area contributed by atoms with Crippen molar-refractivity contribution in [2.75, 3.05) is 7.05 Å². The van der Waals surface area contributed by atoms with Gasteiger partial charge in [0.15, 0.2) is 10.4 Å². The van der Waals surface area contributed by atoms with Crippen LogP contribution in [-0.2, 0) is 11.3 Å². The lowest BCUT2D eigenvalue weighted by atomic mass is 9.92. The molecule has 0 spiro atoms. The molecular weight excluding hydrogens is 260 g/mol. The third-order valence-electron chi connectivity index (χ3n) is 3.27. The first-order valence-corrected chi connectivity index (χ1v) is 6.54. The Kier molecular flexibility index (Phi) is 3.45. The van der Waals surface area contributed by atoms with Crippen molar-refractivity contribution in [3.8, 4) is 0 Å². The highest BCUT2D eigenvalue weighted by Gasteiger charge is 2.28. The molecule has 5 nitrogen and oxygen atoms in total. The lowest BCUT2D eigenvalue weighted by Crippen LogP contribution is -2.37. The normalized spacial score (nSPS) is 11.8. The van der Waals surface area contributed by atoms with Crippen LogP contribution in [0.3, 0.4) is 0 Å². The van der Waals surface area contributed by atoms with E-state index in [1.807, 2.05) is 31.4 Å². The number of carbonyl (C=O) groups excluding carboxylic acids is 1. The van der Waals surface area contributed by atoms with Crippen molar-refractivity contribution in [3.05, 3.63) is 22.6 Å². The van der Waals surface area contributed by atoms with Crippen molar-refractivity contribution in [2.45, 2.75) is 27.3 Å². The monoisotopic (exact) mass is 278 g/mol. The van der Waals surface area contributed by atoms with E-state index in [1.54, 1.807) is 13.2 Å². The van der Waals surface area contributed by atoms with E-state index >= 15 is 0 Å². The number of nitrogens with one attached hydrogen (secondary N) is 2.